The van der Waals surface area contributed by atoms with Crippen molar-refractivity contribution < 1.29 is 9.59 Å². The van der Waals surface area contributed by atoms with E-state index in [1.54, 1.807) is 11.9 Å². The molecule has 0 saturated carbocycles. The van der Waals surface area contributed by atoms with E-state index in [4.69, 9.17) is 0 Å². The van der Waals surface area contributed by atoms with Gasteiger partial charge in [-0.1, -0.05) is 48.5 Å². The van der Waals surface area contributed by atoms with Crippen molar-refractivity contribution in [1.29, 1.82) is 0 Å². The standard InChI is InChI=1S/C24H28N4O2/c1-17-22(18(2)28(26-17)21-13-9-6-10-14-21)16-27(4)24(30)15-23(25-19(3)29)20-11-7-5-8-12-20/h5-14,23H,15-16H2,1-4H3,(H,25,29)/t23-/m1/s1. The summed E-state index contributed by atoms with van der Waals surface area (Å²) in [6.45, 7) is 5.91. The van der Waals surface area contributed by atoms with E-state index in [-0.39, 0.29) is 24.3 Å². The van der Waals surface area contributed by atoms with Gasteiger partial charge < -0.3 is 10.2 Å². The van der Waals surface area contributed by atoms with E-state index in [0.717, 1.165) is 28.2 Å². The fraction of sp³-hybridized carbons (Fsp3) is 0.292. The van der Waals surface area contributed by atoms with E-state index in [2.05, 4.69) is 10.4 Å². The molecule has 1 aromatic heterocycles. The molecule has 6 heteroatoms. The number of carbonyl (C=O) groups excluding carboxylic acids is 2. The first kappa shape index (κ1) is 21.3. The monoisotopic (exact) mass is 404 g/mol. The van der Waals surface area contributed by atoms with E-state index in [1.165, 1.54) is 6.92 Å². The third-order valence-electron chi connectivity index (χ3n) is 5.22. The molecule has 0 fully saturated rings. The molecule has 1 N–H and O–H groups in total. The Kier molecular flexibility index (Phi) is 6.67. The highest BCUT2D eigenvalue weighted by Crippen LogP contribution is 2.21. The maximum Gasteiger partial charge on any atom is 0.225 e. The summed E-state index contributed by atoms with van der Waals surface area (Å²) in [5.41, 5.74) is 4.86. The zero-order chi connectivity index (χ0) is 21.7. The number of hydrogen-bond acceptors (Lipinski definition) is 3. The molecule has 0 unspecified atom stereocenters. The SMILES string of the molecule is CC(=O)N[C@H](CC(=O)N(C)Cc1c(C)nn(-c2ccccc2)c1C)c1ccccc1. The summed E-state index contributed by atoms with van der Waals surface area (Å²) in [6, 6.07) is 19.2. The van der Waals surface area contributed by atoms with Crippen LogP contribution in [-0.4, -0.2) is 33.5 Å². The topological polar surface area (TPSA) is 67.2 Å². The van der Waals surface area contributed by atoms with Crippen LogP contribution in [0.1, 0.15) is 41.9 Å². The highest BCUT2D eigenvalue weighted by Gasteiger charge is 2.22. The average Bonchev–Trinajstić information content (AvgIpc) is 3.02. The first-order valence-corrected chi connectivity index (χ1v) is 10.0. The lowest BCUT2D eigenvalue weighted by atomic mass is 10.0. The number of aromatic nitrogens is 2. The Morgan fingerprint density at radius 3 is 2.23 bits per heavy atom. The van der Waals surface area contributed by atoms with Gasteiger partial charge in [0, 0.05) is 31.8 Å². The minimum absolute atomic E-state index is 0.0381. The summed E-state index contributed by atoms with van der Waals surface area (Å²) in [7, 11) is 1.79. The molecule has 3 rings (SSSR count). The van der Waals surface area contributed by atoms with Gasteiger partial charge in [0.15, 0.2) is 0 Å². The summed E-state index contributed by atoms with van der Waals surface area (Å²) in [6.07, 6.45) is 0.199. The van der Waals surface area contributed by atoms with Crippen LogP contribution in [-0.2, 0) is 16.1 Å². The smallest absolute Gasteiger partial charge is 0.225 e. The van der Waals surface area contributed by atoms with Crippen LogP contribution in [0.4, 0.5) is 0 Å². The van der Waals surface area contributed by atoms with Crippen LogP contribution in [0, 0.1) is 13.8 Å². The quantitative estimate of drug-likeness (QED) is 0.653. The Morgan fingerprint density at radius 2 is 1.63 bits per heavy atom. The van der Waals surface area contributed by atoms with Crippen LogP contribution in [0.3, 0.4) is 0 Å². The van der Waals surface area contributed by atoms with Crippen molar-refractivity contribution in [3.8, 4) is 5.69 Å². The first-order valence-electron chi connectivity index (χ1n) is 10.0. The van der Waals surface area contributed by atoms with Crippen LogP contribution in [0.25, 0.3) is 5.69 Å². The third-order valence-corrected chi connectivity index (χ3v) is 5.22. The minimum Gasteiger partial charge on any atom is -0.349 e. The molecule has 0 bridgehead atoms. The molecule has 0 saturated heterocycles. The summed E-state index contributed by atoms with van der Waals surface area (Å²) < 4.78 is 1.91. The number of rotatable bonds is 7. The Hall–Kier alpha value is -3.41. The molecule has 2 aromatic carbocycles. The predicted molar refractivity (Wildman–Crippen MR) is 117 cm³/mol. The zero-order valence-electron chi connectivity index (χ0n) is 17.9. The summed E-state index contributed by atoms with van der Waals surface area (Å²) >= 11 is 0. The van der Waals surface area contributed by atoms with Gasteiger partial charge >= 0.3 is 0 Å². The van der Waals surface area contributed by atoms with Crippen molar-refractivity contribution in [2.45, 2.75) is 39.8 Å². The van der Waals surface area contributed by atoms with Crippen LogP contribution >= 0.6 is 0 Å². The van der Waals surface area contributed by atoms with Crippen LogP contribution < -0.4 is 5.32 Å². The van der Waals surface area contributed by atoms with Gasteiger partial charge in [-0.05, 0) is 31.5 Å². The maximum atomic E-state index is 13.0. The molecule has 0 aliphatic heterocycles. The van der Waals surface area contributed by atoms with Gasteiger partial charge in [-0.25, -0.2) is 4.68 Å². The largest absolute Gasteiger partial charge is 0.349 e. The number of nitrogens with zero attached hydrogens (tertiary/aromatic N) is 3. The van der Waals surface area contributed by atoms with Crippen LogP contribution in [0.15, 0.2) is 60.7 Å². The highest BCUT2D eigenvalue weighted by atomic mass is 16.2. The number of aryl methyl sites for hydroxylation is 1. The van der Waals surface area contributed by atoms with Gasteiger partial charge in [0.05, 0.1) is 23.8 Å². The molecule has 30 heavy (non-hydrogen) atoms. The van der Waals surface area contributed by atoms with Crippen molar-refractivity contribution in [2.24, 2.45) is 0 Å². The second kappa shape index (κ2) is 9.39. The van der Waals surface area contributed by atoms with Crippen LogP contribution in [0.2, 0.25) is 0 Å². The number of benzene rings is 2. The van der Waals surface area contributed by atoms with E-state index < -0.39 is 0 Å². The van der Waals surface area contributed by atoms with Crippen molar-refractivity contribution in [3.05, 3.63) is 83.2 Å². The normalized spacial score (nSPS) is 11.7. The zero-order valence-corrected chi connectivity index (χ0v) is 17.9. The lowest BCUT2D eigenvalue weighted by Gasteiger charge is -2.23. The fourth-order valence-electron chi connectivity index (χ4n) is 3.56. The van der Waals surface area contributed by atoms with Gasteiger partial charge in [0.25, 0.3) is 0 Å². The van der Waals surface area contributed by atoms with Crippen molar-refractivity contribution in [1.82, 2.24) is 20.0 Å². The highest BCUT2D eigenvalue weighted by molar-refractivity contribution is 5.79. The molecule has 0 radical (unpaired) electrons. The predicted octanol–water partition coefficient (Wildman–Crippen LogP) is 3.72. The molecule has 156 valence electrons. The van der Waals surface area contributed by atoms with Gasteiger partial charge in [0.1, 0.15) is 0 Å². The van der Waals surface area contributed by atoms with E-state index >= 15 is 0 Å². The molecule has 1 heterocycles. The summed E-state index contributed by atoms with van der Waals surface area (Å²) in [5, 5.41) is 7.55. The lowest BCUT2D eigenvalue weighted by Crippen LogP contribution is -2.33. The van der Waals surface area contributed by atoms with Crippen molar-refractivity contribution in [2.75, 3.05) is 7.05 Å². The second-order valence-electron chi connectivity index (χ2n) is 7.51. The van der Waals surface area contributed by atoms with Crippen LogP contribution in [0.5, 0.6) is 0 Å². The Labute approximate surface area is 177 Å². The van der Waals surface area contributed by atoms with Gasteiger partial charge in [-0.2, -0.15) is 5.10 Å². The summed E-state index contributed by atoms with van der Waals surface area (Å²) in [4.78, 5) is 26.3. The molecule has 0 aliphatic rings. The third kappa shape index (κ3) is 4.95. The summed E-state index contributed by atoms with van der Waals surface area (Å²) in [5.74, 6) is -0.195. The van der Waals surface area contributed by atoms with Gasteiger partial charge in [-0.3, -0.25) is 9.59 Å². The molecular formula is C24H28N4O2. The number of hydrogen-bond donors (Lipinski definition) is 1. The molecule has 0 aliphatic carbocycles. The minimum atomic E-state index is -0.354. The molecule has 3 aromatic rings. The number of nitrogens with one attached hydrogen (secondary N) is 1. The van der Waals surface area contributed by atoms with Gasteiger partial charge in [0.2, 0.25) is 11.8 Å². The van der Waals surface area contributed by atoms with E-state index in [1.807, 2.05) is 79.2 Å². The van der Waals surface area contributed by atoms with Crippen molar-refractivity contribution in [3.63, 3.8) is 0 Å². The van der Waals surface area contributed by atoms with E-state index in [9.17, 15) is 9.59 Å². The Morgan fingerprint density at radius 1 is 1.03 bits per heavy atom. The second-order valence-corrected chi connectivity index (χ2v) is 7.51. The number of amides is 2. The number of para-hydroxylation sites is 1. The van der Waals surface area contributed by atoms with Crippen molar-refractivity contribution >= 4 is 11.8 Å². The lowest BCUT2D eigenvalue weighted by molar-refractivity contribution is -0.131. The first-order chi connectivity index (χ1) is 14.4. The molecule has 6 nitrogen and oxygen atoms in total. The van der Waals surface area contributed by atoms with E-state index in [0.29, 0.717) is 6.54 Å². The Balaban J connectivity index is 1.75. The molecule has 2 amide bonds. The maximum absolute atomic E-state index is 13.0. The molecular weight excluding hydrogens is 376 g/mol. The fourth-order valence-corrected chi connectivity index (χ4v) is 3.56. The molecule has 1 atom stereocenters. The molecule has 0 spiro atoms. The number of carbonyl (C=O) groups is 2. The Bertz CT molecular complexity index is 1010. The average molecular weight is 405 g/mol. The van der Waals surface area contributed by atoms with Gasteiger partial charge in [-0.15, -0.1) is 0 Å².